The summed E-state index contributed by atoms with van der Waals surface area (Å²) in [5.74, 6) is -0.910. The molecule has 0 amide bonds. The van der Waals surface area contributed by atoms with Gasteiger partial charge in [0.1, 0.15) is 6.04 Å². The number of aliphatic carboxylic acids is 1. The van der Waals surface area contributed by atoms with Gasteiger partial charge in [0.05, 0.1) is 0 Å². The van der Waals surface area contributed by atoms with E-state index in [0.29, 0.717) is 0 Å². The first-order valence-corrected chi connectivity index (χ1v) is 5.27. The van der Waals surface area contributed by atoms with E-state index in [2.05, 4.69) is 4.84 Å². The van der Waals surface area contributed by atoms with Crippen molar-refractivity contribution in [2.45, 2.75) is 19.9 Å². The van der Waals surface area contributed by atoms with Gasteiger partial charge in [-0.2, -0.15) is 0 Å². The SMILES string of the molecule is CC(C)[C@H](N)C(=O)O.ClNc1ccccc1. The highest BCUT2D eigenvalue weighted by Crippen LogP contribution is 2.04. The predicted octanol–water partition coefficient (Wildman–Crippen LogP) is 2.31. The lowest BCUT2D eigenvalue weighted by molar-refractivity contribution is -0.139. The highest BCUT2D eigenvalue weighted by Gasteiger charge is 2.14. The van der Waals surface area contributed by atoms with Crippen LogP contribution >= 0.6 is 11.8 Å². The summed E-state index contributed by atoms with van der Waals surface area (Å²) in [5.41, 5.74) is 6.08. The summed E-state index contributed by atoms with van der Waals surface area (Å²) in [6.07, 6.45) is 0. The van der Waals surface area contributed by atoms with Gasteiger partial charge in [-0.05, 0) is 18.1 Å². The van der Waals surface area contributed by atoms with Crippen LogP contribution in [-0.2, 0) is 4.79 Å². The van der Waals surface area contributed by atoms with E-state index in [9.17, 15) is 4.79 Å². The second kappa shape index (κ2) is 7.96. The molecule has 0 unspecified atom stereocenters. The van der Waals surface area contributed by atoms with Crippen molar-refractivity contribution in [1.82, 2.24) is 0 Å². The van der Waals surface area contributed by atoms with E-state index in [4.69, 9.17) is 22.6 Å². The molecule has 4 N–H and O–H groups in total. The smallest absolute Gasteiger partial charge is 0.320 e. The third kappa shape index (κ3) is 6.27. The normalized spacial score (nSPS) is 11.3. The highest BCUT2D eigenvalue weighted by molar-refractivity contribution is 6.23. The zero-order valence-corrected chi connectivity index (χ0v) is 10.1. The molecule has 0 heterocycles. The van der Waals surface area contributed by atoms with E-state index in [0.717, 1.165) is 5.69 Å². The maximum atomic E-state index is 10.0. The summed E-state index contributed by atoms with van der Waals surface area (Å²) >= 11 is 5.28. The number of rotatable bonds is 3. The summed E-state index contributed by atoms with van der Waals surface area (Å²) in [4.78, 5) is 12.5. The minimum absolute atomic E-state index is 0.0208. The standard InChI is InChI=1S/C6H6ClN.C5H11NO2/c7-8-6-4-2-1-3-5-6;1-3(2)4(6)5(7)8/h1-5,8H;3-4H,6H2,1-2H3,(H,7,8)/t;4-/m.0/s1. The Bertz CT molecular complexity index is 304. The van der Waals surface area contributed by atoms with Gasteiger partial charge in [0.2, 0.25) is 0 Å². The summed E-state index contributed by atoms with van der Waals surface area (Å²) in [7, 11) is 0. The van der Waals surface area contributed by atoms with Crippen molar-refractivity contribution >= 4 is 23.4 Å². The summed E-state index contributed by atoms with van der Waals surface area (Å²) < 4.78 is 0. The van der Waals surface area contributed by atoms with Crippen molar-refractivity contribution in [1.29, 1.82) is 0 Å². The number of nitrogens with two attached hydrogens (primary N) is 1. The van der Waals surface area contributed by atoms with E-state index >= 15 is 0 Å². The zero-order valence-electron chi connectivity index (χ0n) is 9.35. The number of para-hydroxylation sites is 1. The first-order valence-electron chi connectivity index (χ1n) is 4.89. The lowest BCUT2D eigenvalue weighted by atomic mass is 10.1. The van der Waals surface area contributed by atoms with Crippen LogP contribution in [0.25, 0.3) is 0 Å². The van der Waals surface area contributed by atoms with Crippen LogP contribution in [-0.4, -0.2) is 17.1 Å². The van der Waals surface area contributed by atoms with Crippen LogP contribution in [0.1, 0.15) is 13.8 Å². The van der Waals surface area contributed by atoms with Crippen molar-refractivity contribution in [2.24, 2.45) is 11.7 Å². The van der Waals surface area contributed by atoms with Crippen LogP contribution in [0, 0.1) is 5.92 Å². The quantitative estimate of drug-likeness (QED) is 0.714. The lowest BCUT2D eigenvalue weighted by Gasteiger charge is -2.07. The van der Waals surface area contributed by atoms with Crippen molar-refractivity contribution in [2.75, 3.05) is 4.84 Å². The monoisotopic (exact) mass is 244 g/mol. The second-order valence-corrected chi connectivity index (χ2v) is 3.76. The molecule has 0 aliphatic rings. The molecule has 1 atom stereocenters. The molecule has 0 aliphatic heterocycles. The minimum Gasteiger partial charge on any atom is -0.480 e. The molecular formula is C11H17ClN2O2. The van der Waals surface area contributed by atoms with E-state index in [-0.39, 0.29) is 5.92 Å². The maximum Gasteiger partial charge on any atom is 0.320 e. The molecule has 1 rings (SSSR count). The van der Waals surface area contributed by atoms with Gasteiger partial charge in [0.25, 0.3) is 0 Å². The third-order valence-corrected chi connectivity index (χ3v) is 2.10. The van der Waals surface area contributed by atoms with Crippen LogP contribution < -0.4 is 10.6 Å². The Morgan fingerprint density at radius 2 is 1.88 bits per heavy atom. The number of carboxylic acids is 1. The fourth-order valence-corrected chi connectivity index (χ4v) is 0.912. The Morgan fingerprint density at radius 3 is 2.06 bits per heavy atom. The van der Waals surface area contributed by atoms with E-state index < -0.39 is 12.0 Å². The third-order valence-electron chi connectivity index (χ3n) is 1.89. The molecule has 1 aromatic carbocycles. The van der Waals surface area contributed by atoms with E-state index in [1.54, 1.807) is 13.8 Å². The highest BCUT2D eigenvalue weighted by atomic mass is 35.5. The molecule has 0 bridgehead atoms. The number of hydrogen-bond donors (Lipinski definition) is 3. The Labute approximate surface area is 101 Å². The number of halogens is 1. The second-order valence-electron chi connectivity index (χ2n) is 3.57. The predicted molar refractivity (Wildman–Crippen MR) is 66.4 cm³/mol. The molecule has 5 heteroatoms. The van der Waals surface area contributed by atoms with Gasteiger partial charge in [-0.25, -0.2) is 0 Å². The van der Waals surface area contributed by atoms with Crippen LogP contribution in [0.15, 0.2) is 30.3 Å². The maximum absolute atomic E-state index is 10.0. The molecule has 0 spiro atoms. The molecule has 0 saturated heterocycles. The largest absolute Gasteiger partial charge is 0.480 e. The molecule has 0 radical (unpaired) electrons. The topological polar surface area (TPSA) is 75.4 Å². The van der Waals surface area contributed by atoms with Crippen LogP contribution in [0.4, 0.5) is 5.69 Å². The lowest BCUT2D eigenvalue weighted by Crippen LogP contribution is -2.34. The average Bonchev–Trinajstić information content (AvgIpc) is 2.29. The Hall–Kier alpha value is -1.26. The first kappa shape index (κ1) is 14.7. The number of carbonyl (C=O) groups is 1. The molecule has 90 valence electrons. The zero-order chi connectivity index (χ0) is 12.6. The van der Waals surface area contributed by atoms with Crippen LogP contribution in [0.5, 0.6) is 0 Å². The number of hydrogen-bond acceptors (Lipinski definition) is 3. The van der Waals surface area contributed by atoms with Gasteiger partial charge in [-0.3, -0.25) is 9.63 Å². The number of benzene rings is 1. The van der Waals surface area contributed by atoms with Gasteiger partial charge < -0.3 is 10.8 Å². The van der Waals surface area contributed by atoms with Crippen molar-refractivity contribution in [3.05, 3.63) is 30.3 Å². The first-order chi connectivity index (χ1) is 7.49. The van der Waals surface area contributed by atoms with Crippen molar-refractivity contribution in [3.8, 4) is 0 Å². The summed E-state index contributed by atoms with van der Waals surface area (Å²) in [6.45, 7) is 3.55. The molecular weight excluding hydrogens is 228 g/mol. The van der Waals surface area contributed by atoms with Gasteiger partial charge in [0, 0.05) is 17.5 Å². The molecule has 0 aliphatic carbocycles. The molecule has 0 saturated carbocycles. The van der Waals surface area contributed by atoms with Crippen molar-refractivity contribution in [3.63, 3.8) is 0 Å². The molecule has 16 heavy (non-hydrogen) atoms. The number of carboxylic acid groups (broad SMARTS) is 1. The Balaban J connectivity index is 0.000000281. The van der Waals surface area contributed by atoms with Gasteiger partial charge in [-0.15, -0.1) is 0 Å². The average molecular weight is 245 g/mol. The van der Waals surface area contributed by atoms with Gasteiger partial charge >= 0.3 is 5.97 Å². The fourth-order valence-electron chi connectivity index (χ4n) is 0.786. The molecule has 4 nitrogen and oxygen atoms in total. The number of anilines is 1. The minimum atomic E-state index is -0.931. The van der Waals surface area contributed by atoms with Gasteiger partial charge in [-0.1, -0.05) is 32.0 Å². The fraction of sp³-hybridized carbons (Fsp3) is 0.364. The van der Waals surface area contributed by atoms with Crippen LogP contribution in [0.3, 0.4) is 0 Å². The summed E-state index contributed by atoms with van der Waals surface area (Å²) in [5, 5.41) is 8.23. The molecule has 1 aromatic rings. The number of nitrogens with one attached hydrogen (secondary N) is 1. The Kier molecular flexibility index (Phi) is 7.33. The van der Waals surface area contributed by atoms with Crippen LogP contribution in [0.2, 0.25) is 0 Å². The Morgan fingerprint density at radius 1 is 1.38 bits per heavy atom. The summed E-state index contributed by atoms with van der Waals surface area (Å²) in [6, 6.07) is 8.86. The van der Waals surface area contributed by atoms with E-state index in [1.165, 1.54) is 0 Å². The van der Waals surface area contributed by atoms with E-state index in [1.807, 2.05) is 30.3 Å². The molecule has 0 fully saturated rings. The molecule has 0 aromatic heterocycles. The van der Waals surface area contributed by atoms with Gasteiger partial charge in [0.15, 0.2) is 0 Å². The van der Waals surface area contributed by atoms with Crippen molar-refractivity contribution < 1.29 is 9.90 Å².